The molecule has 0 aliphatic heterocycles. The van der Waals surface area contributed by atoms with E-state index >= 15 is 0 Å². The quantitative estimate of drug-likeness (QED) is 0.695. The highest BCUT2D eigenvalue weighted by Crippen LogP contribution is 2.24. The molecule has 24 heavy (non-hydrogen) atoms. The van der Waals surface area contributed by atoms with Crippen molar-refractivity contribution >= 4 is 15.8 Å². The lowest BCUT2D eigenvalue weighted by molar-refractivity contribution is 0.284. The molecule has 0 saturated carbocycles. The number of hydrogen-bond donors (Lipinski definition) is 1. The van der Waals surface area contributed by atoms with Crippen LogP contribution in [0.1, 0.15) is 11.6 Å². The van der Waals surface area contributed by atoms with Crippen LogP contribution < -0.4 is 16.2 Å². The molecule has 0 unspecified atom stereocenters. The number of anilines is 1. The van der Waals surface area contributed by atoms with Gasteiger partial charge in [-0.2, -0.15) is 0 Å². The van der Waals surface area contributed by atoms with Crippen LogP contribution in [0.2, 0.25) is 0 Å². The molecule has 11 heteroatoms. The average Bonchev–Trinajstić information content (AvgIpc) is 3.09. The van der Waals surface area contributed by atoms with Crippen LogP contribution in [0.4, 0.5) is 5.82 Å². The molecule has 0 aliphatic carbocycles. The topological polar surface area (TPSA) is 143 Å². The van der Waals surface area contributed by atoms with Crippen molar-refractivity contribution < 1.29 is 22.2 Å². The molecule has 0 fully saturated rings. The van der Waals surface area contributed by atoms with Gasteiger partial charge in [0.15, 0.2) is 23.1 Å². The summed E-state index contributed by atoms with van der Waals surface area (Å²) in [7, 11) is -4.39. The van der Waals surface area contributed by atoms with E-state index in [1.165, 1.54) is 6.92 Å². The zero-order chi connectivity index (χ0) is 17.3. The molecule has 0 saturated heterocycles. The van der Waals surface area contributed by atoms with Gasteiger partial charge < -0.3 is 15.0 Å². The molecular formula is C13H12N4O6S. The second-order valence-electron chi connectivity index (χ2n) is 4.69. The fourth-order valence-electron chi connectivity index (χ4n) is 2.04. The number of para-hydroxylation sites is 1. The van der Waals surface area contributed by atoms with Gasteiger partial charge in [0, 0.05) is 0 Å². The molecule has 10 nitrogen and oxygen atoms in total. The number of nitrogens with zero attached hydrogens (tertiary/aromatic N) is 3. The van der Waals surface area contributed by atoms with E-state index < -0.39 is 20.7 Å². The Bertz CT molecular complexity index is 999. The minimum absolute atomic E-state index is 0.0597. The van der Waals surface area contributed by atoms with Gasteiger partial charge in [-0.05, 0) is 19.1 Å². The van der Waals surface area contributed by atoms with Gasteiger partial charge >= 0.3 is 5.76 Å². The standard InChI is InChI=1S/C13H12N4O6S/c1-8-11(12(14)16-22-8)24(19,20)17-10(15-23-13(17)18)7-21-9-5-3-2-4-6-9/h2-6H,7H2,1H3,(H2,14,16). The Kier molecular flexibility index (Phi) is 3.85. The lowest BCUT2D eigenvalue weighted by Gasteiger charge is -2.07. The first kappa shape index (κ1) is 15.8. The highest BCUT2D eigenvalue weighted by Gasteiger charge is 2.32. The molecule has 3 aromatic rings. The normalized spacial score (nSPS) is 11.5. The summed E-state index contributed by atoms with van der Waals surface area (Å²) in [4.78, 5) is 11.4. The van der Waals surface area contributed by atoms with Gasteiger partial charge in [-0.25, -0.2) is 13.2 Å². The number of benzene rings is 1. The Hall–Kier alpha value is -3.08. The third-order valence-electron chi connectivity index (χ3n) is 3.07. The van der Waals surface area contributed by atoms with E-state index in [1.807, 2.05) is 0 Å². The maximum atomic E-state index is 12.7. The smallest absolute Gasteiger partial charge is 0.456 e. The molecule has 1 aromatic carbocycles. The fraction of sp³-hybridized carbons (Fsp3) is 0.154. The first-order chi connectivity index (χ1) is 11.4. The molecule has 126 valence electrons. The first-order valence-corrected chi connectivity index (χ1v) is 8.08. The van der Waals surface area contributed by atoms with Crippen LogP contribution in [-0.4, -0.2) is 22.7 Å². The van der Waals surface area contributed by atoms with Crippen LogP contribution >= 0.6 is 0 Å². The molecule has 0 atom stereocenters. The van der Waals surface area contributed by atoms with Crippen molar-refractivity contribution in [3.63, 3.8) is 0 Å². The van der Waals surface area contributed by atoms with Crippen LogP contribution in [0.25, 0.3) is 0 Å². The number of hydrogen-bond acceptors (Lipinski definition) is 9. The molecule has 0 aliphatic rings. The number of nitrogen functional groups attached to an aromatic ring is 1. The van der Waals surface area contributed by atoms with Crippen molar-refractivity contribution in [2.45, 2.75) is 18.4 Å². The van der Waals surface area contributed by atoms with Gasteiger partial charge in [-0.3, -0.25) is 4.52 Å². The molecule has 0 radical (unpaired) electrons. The van der Waals surface area contributed by atoms with Gasteiger partial charge in [0.1, 0.15) is 5.75 Å². The van der Waals surface area contributed by atoms with E-state index in [0.717, 1.165) is 0 Å². The number of nitrogens with two attached hydrogens (primary N) is 1. The minimum atomic E-state index is -4.39. The first-order valence-electron chi connectivity index (χ1n) is 6.64. The van der Waals surface area contributed by atoms with Gasteiger partial charge in [-0.1, -0.05) is 28.5 Å². The Morgan fingerprint density at radius 2 is 1.92 bits per heavy atom. The van der Waals surface area contributed by atoms with Gasteiger partial charge in [-0.15, -0.1) is 3.97 Å². The largest absolute Gasteiger partial charge is 0.486 e. The van der Waals surface area contributed by atoms with E-state index in [9.17, 15) is 13.2 Å². The second-order valence-corrected chi connectivity index (χ2v) is 6.41. The van der Waals surface area contributed by atoms with Crippen molar-refractivity contribution in [1.29, 1.82) is 0 Å². The summed E-state index contributed by atoms with van der Waals surface area (Å²) in [5, 5.41) is 6.82. The van der Waals surface area contributed by atoms with E-state index in [0.29, 0.717) is 9.72 Å². The van der Waals surface area contributed by atoms with Crippen molar-refractivity contribution in [2.24, 2.45) is 0 Å². The summed E-state index contributed by atoms with van der Waals surface area (Å²) in [5.41, 5.74) is 5.52. The third kappa shape index (κ3) is 2.65. The average molecular weight is 352 g/mol. The molecule has 0 amide bonds. The highest BCUT2D eigenvalue weighted by molar-refractivity contribution is 7.90. The predicted octanol–water partition coefficient (Wildman–Crippen LogP) is 0.531. The summed E-state index contributed by atoms with van der Waals surface area (Å²) in [6.07, 6.45) is 0. The second kappa shape index (κ2) is 5.85. The monoisotopic (exact) mass is 352 g/mol. The maximum Gasteiger partial charge on any atom is 0.456 e. The van der Waals surface area contributed by atoms with Crippen LogP contribution in [0.15, 0.2) is 49.1 Å². The zero-order valence-corrected chi connectivity index (χ0v) is 13.2. The van der Waals surface area contributed by atoms with E-state index in [4.69, 9.17) is 15.0 Å². The summed E-state index contributed by atoms with van der Waals surface area (Å²) < 4.78 is 40.3. The summed E-state index contributed by atoms with van der Waals surface area (Å²) in [6, 6.07) is 8.60. The van der Waals surface area contributed by atoms with Gasteiger partial charge in [0.25, 0.3) is 10.0 Å². The molecule has 2 aromatic heterocycles. The number of aromatic nitrogens is 3. The van der Waals surface area contributed by atoms with Crippen molar-refractivity contribution in [3.8, 4) is 5.75 Å². The molecule has 3 rings (SSSR count). The summed E-state index contributed by atoms with van der Waals surface area (Å²) >= 11 is 0. The van der Waals surface area contributed by atoms with E-state index in [2.05, 4.69) is 14.8 Å². The lowest BCUT2D eigenvalue weighted by atomic mass is 10.3. The molecular weight excluding hydrogens is 340 g/mol. The van der Waals surface area contributed by atoms with E-state index in [1.54, 1.807) is 30.3 Å². The van der Waals surface area contributed by atoms with Crippen molar-refractivity contribution in [1.82, 2.24) is 14.3 Å². The van der Waals surface area contributed by atoms with Gasteiger partial charge in [0.2, 0.25) is 5.82 Å². The molecule has 2 heterocycles. The van der Waals surface area contributed by atoms with Crippen LogP contribution in [-0.2, 0) is 16.6 Å². The van der Waals surface area contributed by atoms with Gasteiger partial charge in [0.05, 0.1) is 0 Å². The van der Waals surface area contributed by atoms with Crippen molar-refractivity contribution in [2.75, 3.05) is 5.73 Å². The van der Waals surface area contributed by atoms with Crippen LogP contribution in [0.5, 0.6) is 5.75 Å². The molecule has 2 N–H and O–H groups in total. The Labute approximate surface area is 135 Å². The minimum Gasteiger partial charge on any atom is -0.486 e. The van der Waals surface area contributed by atoms with E-state index in [-0.39, 0.29) is 24.0 Å². The zero-order valence-electron chi connectivity index (χ0n) is 12.4. The SMILES string of the molecule is Cc1onc(N)c1S(=O)(=O)n1c(COc2ccccc2)noc1=O. The fourth-order valence-corrected chi connectivity index (χ4v) is 3.52. The number of aryl methyl sites for hydroxylation is 1. The molecule has 0 bridgehead atoms. The molecule has 0 spiro atoms. The third-order valence-corrected chi connectivity index (χ3v) is 4.93. The van der Waals surface area contributed by atoms with Crippen LogP contribution in [0.3, 0.4) is 0 Å². The Balaban J connectivity index is 2.00. The Morgan fingerprint density at radius 1 is 1.21 bits per heavy atom. The van der Waals surface area contributed by atoms with Crippen molar-refractivity contribution in [3.05, 3.63) is 52.5 Å². The lowest BCUT2D eigenvalue weighted by Crippen LogP contribution is -2.27. The predicted molar refractivity (Wildman–Crippen MR) is 79.8 cm³/mol. The number of rotatable bonds is 5. The summed E-state index contributed by atoms with van der Waals surface area (Å²) in [5.74, 6) is -1.39. The Morgan fingerprint density at radius 3 is 2.54 bits per heavy atom. The van der Waals surface area contributed by atoms with Crippen LogP contribution in [0, 0.1) is 6.92 Å². The highest BCUT2D eigenvalue weighted by atomic mass is 32.2. The summed E-state index contributed by atoms with van der Waals surface area (Å²) in [6.45, 7) is 1.05. The maximum absolute atomic E-state index is 12.7. The number of ether oxygens (including phenoxy) is 1.